The largest absolute Gasteiger partial charge is 0.468 e. The topological polar surface area (TPSA) is 52.1 Å². The predicted molar refractivity (Wildman–Crippen MR) is 62.3 cm³/mol. The molecular formula is C11H14N2O2S. The quantitative estimate of drug-likeness (QED) is 0.729. The standard InChI is InChI=1S/C11H14N2O2S/c1-15-10(14)11(3-6-16-7-4-11)9-2-5-12-8-13-9/h2,5,8H,3-4,6-7H2,1H3. The SMILES string of the molecule is COC(=O)C1(c2ccncn2)CCSCC1. The van der Waals surface area contributed by atoms with Crippen LogP contribution in [0.4, 0.5) is 0 Å². The summed E-state index contributed by atoms with van der Waals surface area (Å²) < 4.78 is 4.94. The Bertz CT molecular complexity index is 364. The summed E-state index contributed by atoms with van der Waals surface area (Å²) in [5.41, 5.74) is 0.234. The van der Waals surface area contributed by atoms with Gasteiger partial charge in [-0.1, -0.05) is 0 Å². The molecule has 1 aromatic heterocycles. The van der Waals surface area contributed by atoms with Gasteiger partial charge in [-0.15, -0.1) is 0 Å². The molecule has 4 nitrogen and oxygen atoms in total. The molecule has 0 N–H and O–H groups in total. The first kappa shape index (κ1) is 11.4. The fourth-order valence-electron chi connectivity index (χ4n) is 2.05. The second-order valence-electron chi connectivity index (χ2n) is 3.78. The molecule has 1 aromatic rings. The molecule has 0 amide bonds. The van der Waals surface area contributed by atoms with Gasteiger partial charge in [0, 0.05) is 6.20 Å². The third-order valence-corrected chi connectivity index (χ3v) is 3.98. The molecule has 86 valence electrons. The van der Waals surface area contributed by atoms with Gasteiger partial charge in [-0.3, -0.25) is 4.79 Å². The van der Waals surface area contributed by atoms with Crippen LogP contribution in [0.5, 0.6) is 0 Å². The molecule has 1 fully saturated rings. The number of hydrogen-bond donors (Lipinski definition) is 0. The summed E-state index contributed by atoms with van der Waals surface area (Å²) in [6.45, 7) is 0. The molecule has 0 unspecified atom stereocenters. The van der Waals surface area contributed by atoms with Gasteiger partial charge in [0.25, 0.3) is 0 Å². The zero-order valence-corrected chi connectivity index (χ0v) is 10.00. The second kappa shape index (κ2) is 4.82. The van der Waals surface area contributed by atoms with Crippen LogP contribution in [0, 0.1) is 0 Å². The number of hydrogen-bond acceptors (Lipinski definition) is 5. The fourth-order valence-corrected chi connectivity index (χ4v) is 3.24. The van der Waals surface area contributed by atoms with Gasteiger partial charge in [-0.2, -0.15) is 11.8 Å². The van der Waals surface area contributed by atoms with Gasteiger partial charge in [0.1, 0.15) is 11.7 Å². The van der Waals surface area contributed by atoms with Crippen LogP contribution in [0.15, 0.2) is 18.6 Å². The number of rotatable bonds is 2. The zero-order valence-electron chi connectivity index (χ0n) is 9.18. The predicted octanol–water partition coefficient (Wildman–Crippen LogP) is 1.41. The van der Waals surface area contributed by atoms with E-state index in [4.69, 9.17) is 4.74 Å². The van der Waals surface area contributed by atoms with E-state index in [1.807, 2.05) is 17.8 Å². The van der Waals surface area contributed by atoms with Crippen molar-refractivity contribution < 1.29 is 9.53 Å². The Hall–Kier alpha value is -1.10. The first-order valence-corrected chi connectivity index (χ1v) is 6.38. The molecule has 0 atom stereocenters. The van der Waals surface area contributed by atoms with Gasteiger partial charge in [0.05, 0.1) is 12.8 Å². The van der Waals surface area contributed by atoms with Crippen LogP contribution >= 0.6 is 11.8 Å². The Morgan fingerprint density at radius 1 is 1.50 bits per heavy atom. The van der Waals surface area contributed by atoms with Crippen LogP contribution in [-0.4, -0.2) is 34.6 Å². The summed E-state index contributed by atoms with van der Waals surface area (Å²) in [6.07, 6.45) is 4.75. The third-order valence-electron chi connectivity index (χ3n) is 2.99. The molecule has 0 spiro atoms. The maximum Gasteiger partial charge on any atom is 0.317 e. The highest BCUT2D eigenvalue weighted by atomic mass is 32.2. The molecule has 1 aliphatic rings. The zero-order chi connectivity index (χ0) is 11.4. The first-order valence-electron chi connectivity index (χ1n) is 5.22. The van der Waals surface area contributed by atoms with Gasteiger partial charge in [0.2, 0.25) is 0 Å². The van der Waals surface area contributed by atoms with Crippen molar-refractivity contribution in [3.8, 4) is 0 Å². The second-order valence-corrected chi connectivity index (χ2v) is 5.01. The number of nitrogens with zero attached hydrogens (tertiary/aromatic N) is 2. The average molecular weight is 238 g/mol. The lowest BCUT2D eigenvalue weighted by Gasteiger charge is -2.33. The molecule has 0 radical (unpaired) electrons. The van der Waals surface area contributed by atoms with E-state index >= 15 is 0 Å². The molecule has 0 aromatic carbocycles. The van der Waals surface area contributed by atoms with Crippen LogP contribution in [0.3, 0.4) is 0 Å². The van der Waals surface area contributed by atoms with Crippen molar-refractivity contribution in [2.45, 2.75) is 18.3 Å². The maximum absolute atomic E-state index is 12.0. The lowest BCUT2D eigenvalue weighted by Crippen LogP contribution is -2.41. The van der Waals surface area contributed by atoms with Gasteiger partial charge >= 0.3 is 5.97 Å². The number of methoxy groups -OCH3 is 1. The fraction of sp³-hybridized carbons (Fsp3) is 0.545. The average Bonchev–Trinajstić information content (AvgIpc) is 2.39. The monoisotopic (exact) mass is 238 g/mol. The number of esters is 1. The molecule has 16 heavy (non-hydrogen) atoms. The van der Waals surface area contributed by atoms with Crippen molar-refractivity contribution in [2.24, 2.45) is 0 Å². The molecule has 5 heteroatoms. The Kier molecular flexibility index (Phi) is 3.43. The molecule has 1 aliphatic heterocycles. The number of ether oxygens (including phenoxy) is 1. The number of carbonyl (C=O) groups excluding carboxylic acids is 1. The summed E-state index contributed by atoms with van der Waals surface area (Å²) in [5, 5.41) is 0. The third kappa shape index (κ3) is 1.91. The van der Waals surface area contributed by atoms with E-state index in [0.29, 0.717) is 0 Å². The summed E-state index contributed by atoms with van der Waals surface area (Å²) in [5.74, 6) is 1.77. The van der Waals surface area contributed by atoms with Crippen LogP contribution in [0.2, 0.25) is 0 Å². The lowest BCUT2D eigenvalue weighted by molar-refractivity contribution is -0.148. The van der Waals surface area contributed by atoms with Crippen molar-refractivity contribution >= 4 is 17.7 Å². The minimum absolute atomic E-state index is 0.175. The van der Waals surface area contributed by atoms with Gasteiger partial charge in [-0.25, -0.2) is 9.97 Å². The van der Waals surface area contributed by atoms with Crippen LogP contribution < -0.4 is 0 Å². The molecule has 0 bridgehead atoms. The summed E-state index contributed by atoms with van der Waals surface area (Å²) in [7, 11) is 1.44. The van der Waals surface area contributed by atoms with E-state index in [9.17, 15) is 4.79 Å². The van der Waals surface area contributed by atoms with E-state index in [1.165, 1.54) is 13.4 Å². The minimum atomic E-state index is -0.553. The maximum atomic E-state index is 12.0. The molecule has 0 aliphatic carbocycles. The van der Waals surface area contributed by atoms with Gasteiger partial charge in [0.15, 0.2) is 0 Å². The van der Waals surface area contributed by atoms with Crippen LogP contribution in [0.1, 0.15) is 18.5 Å². The van der Waals surface area contributed by atoms with E-state index in [-0.39, 0.29) is 5.97 Å². The van der Waals surface area contributed by atoms with Crippen molar-refractivity contribution in [1.29, 1.82) is 0 Å². The van der Waals surface area contributed by atoms with E-state index in [0.717, 1.165) is 30.0 Å². The summed E-state index contributed by atoms with van der Waals surface area (Å²) in [4.78, 5) is 20.1. The Morgan fingerprint density at radius 2 is 2.25 bits per heavy atom. The van der Waals surface area contributed by atoms with E-state index < -0.39 is 5.41 Å². The lowest BCUT2D eigenvalue weighted by atomic mass is 9.78. The van der Waals surface area contributed by atoms with Crippen molar-refractivity contribution in [1.82, 2.24) is 9.97 Å². The van der Waals surface area contributed by atoms with E-state index in [2.05, 4.69) is 9.97 Å². The highest BCUT2D eigenvalue weighted by Crippen LogP contribution is 2.38. The normalized spacial score (nSPS) is 19.1. The molecule has 1 saturated heterocycles. The highest BCUT2D eigenvalue weighted by molar-refractivity contribution is 7.99. The Morgan fingerprint density at radius 3 is 2.81 bits per heavy atom. The molecule has 0 saturated carbocycles. The van der Waals surface area contributed by atoms with Gasteiger partial charge < -0.3 is 4.74 Å². The van der Waals surface area contributed by atoms with E-state index in [1.54, 1.807) is 6.20 Å². The summed E-state index contributed by atoms with van der Waals surface area (Å²) in [6, 6.07) is 1.81. The smallest absolute Gasteiger partial charge is 0.317 e. The van der Waals surface area contributed by atoms with Gasteiger partial charge in [-0.05, 0) is 30.4 Å². The molecular weight excluding hydrogens is 224 g/mol. The van der Waals surface area contributed by atoms with Crippen LogP contribution in [-0.2, 0) is 14.9 Å². The molecule has 2 heterocycles. The Labute approximate surface area is 98.8 Å². The number of thioether (sulfide) groups is 1. The first-order chi connectivity index (χ1) is 7.79. The van der Waals surface area contributed by atoms with Crippen molar-refractivity contribution in [2.75, 3.05) is 18.6 Å². The minimum Gasteiger partial charge on any atom is -0.468 e. The summed E-state index contributed by atoms with van der Waals surface area (Å²) >= 11 is 1.87. The highest BCUT2D eigenvalue weighted by Gasteiger charge is 2.43. The number of aromatic nitrogens is 2. The van der Waals surface area contributed by atoms with Crippen molar-refractivity contribution in [3.05, 3.63) is 24.3 Å². The molecule has 2 rings (SSSR count). The van der Waals surface area contributed by atoms with Crippen LogP contribution in [0.25, 0.3) is 0 Å². The number of carbonyl (C=O) groups is 1. The van der Waals surface area contributed by atoms with Crippen molar-refractivity contribution in [3.63, 3.8) is 0 Å². The Balaban J connectivity index is 2.38.